The highest BCUT2D eigenvalue weighted by atomic mass is 19.3. The molecule has 0 bridgehead atoms. The number of hydrogen-bond acceptors (Lipinski definition) is 3. The highest BCUT2D eigenvalue weighted by molar-refractivity contribution is 5.94. The number of hydrogen-bond donors (Lipinski definition) is 2. The van der Waals surface area contributed by atoms with Crippen molar-refractivity contribution in [2.45, 2.75) is 32.7 Å². The first kappa shape index (κ1) is 15.9. The van der Waals surface area contributed by atoms with Crippen LogP contribution in [-0.2, 0) is 6.42 Å². The van der Waals surface area contributed by atoms with E-state index < -0.39 is 12.4 Å². The SMILES string of the molecule is CC(C)n1nccc1Cc1cc(C(=O)O)c(N)cc1C(F)F. The van der Waals surface area contributed by atoms with Crippen molar-refractivity contribution in [2.24, 2.45) is 0 Å². The normalized spacial score (nSPS) is 11.4. The van der Waals surface area contributed by atoms with Gasteiger partial charge >= 0.3 is 5.97 Å². The predicted octanol–water partition coefficient (Wildman–Crippen LogP) is 3.27. The second kappa shape index (κ2) is 6.13. The standard InChI is InChI=1S/C15H17F2N3O2/c1-8(2)20-10(3-4-19-20)5-9-6-12(15(21)22)13(18)7-11(9)14(16)17/h3-4,6-8,14H,5,18H2,1-2H3,(H,21,22). The van der Waals surface area contributed by atoms with Gasteiger partial charge < -0.3 is 10.8 Å². The molecule has 0 atom stereocenters. The number of carboxylic acid groups (broad SMARTS) is 1. The molecule has 0 unspecified atom stereocenters. The molecule has 7 heteroatoms. The number of aromatic carboxylic acids is 1. The monoisotopic (exact) mass is 309 g/mol. The van der Waals surface area contributed by atoms with E-state index in [0.717, 1.165) is 11.8 Å². The maximum absolute atomic E-state index is 13.2. The lowest BCUT2D eigenvalue weighted by molar-refractivity contribution is 0.0697. The minimum absolute atomic E-state index is 0.0766. The van der Waals surface area contributed by atoms with Gasteiger partial charge in [0.05, 0.1) is 5.56 Å². The summed E-state index contributed by atoms with van der Waals surface area (Å²) in [6, 6.07) is 4.07. The highest BCUT2D eigenvalue weighted by Gasteiger charge is 2.20. The molecule has 0 saturated heterocycles. The Kier molecular flexibility index (Phi) is 4.44. The Morgan fingerprint density at radius 2 is 2.09 bits per heavy atom. The third-order valence-corrected chi connectivity index (χ3v) is 3.39. The Bertz CT molecular complexity index is 696. The van der Waals surface area contributed by atoms with E-state index in [2.05, 4.69) is 5.10 Å². The van der Waals surface area contributed by atoms with Gasteiger partial charge in [-0.1, -0.05) is 0 Å². The summed E-state index contributed by atoms with van der Waals surface area (Å²) in [5, 5.41) is 13.3. The second-order valence-electron chi connectivity index (χ2n) is 5.28. The first-order chi connectivity index (χ1) is 10.3. The zero-order chi connectivity index (χ0) is 16.4. The van der Waals surface area contributed by atoms with Crippen molar-refractivity contribution in [3.63, 3.8) is 0 Å². The zero-order valence-corrected chi connectivity index (χ0v) is 12.3. The van der Waals surface area contributed by atoms with Crippen molar-refractivity contribution < 1.29 is 18.7 Å². The molecule has 0 spiro atoms. The minimum atomic E-state index is -2.73. The van der Waals surface area contributed by atoms with Crippen LogP contribution in [0.4, 0.5) is 14.5 Å². The molecule has 0 aliphatic heterocycles. The van der Waals surface area contributed by atoms with Crippen molar-refractivity contribution in [2.75, 3.05) is 5.73 Å². The average molecular weight is 309 g/mol. The summed E-state index contributed by atoms with van der Waals surface area (Å²) < 4.78 is 28.1. The molecule has 0 saturated carbocycles. The molecule has 0 fully saturated rings. The quantitative estimate of drug-likeness (QED) is 0.831. The van der Waals surface area contributed by atoms with E-state index >= 15 is 0 Å². The predicted molar refractivity (Wildman–Crippen MR) is 78.2 cm³/mol. The van der Waals surface area contributed by atoms with E-state index in [-0.39, 0.29) is 34.8 Å². The van der Waals surface area contributed by atoms with Crippen LogP contribution in [0.1, 0.15) is 53.5 Å². The van der Waals surface area contributed by atoms with Gasteiger partial charge in [0.15, 0.2) is 0 Å². The summed E-state index contributed by atoms with van der Waals surface area (Å²) in [5.41, 5.74) is 5.94. The number of rotatable bonds is 5. The van der Waals surface area contributed by atoms with E-state index in [0.29, 0.717) is 0 Å². The number of nitrogen functional groups attached to an aromatic ring is 1. The van der Waals surface area contributed by atoms with Crippen LogP contribution >= 0.6 is 0 Å². The van der Waals surface area contributed by atoms with Crippen LogP contribution in [0.5, 0.6) is 0 Å². The van der Waals surface area contributed by atoms with Crippen LogP contribution in [0.25, 0.3) is 0 Å². The Balaban J connectivity index is 2.50. The van der Waals surface area contributed by atoms with Crippen molar-refractivity contribution in [1.29, 1.82) is 0 Å². The molecule has 3 N–H and O–H groups in total. The molecule has 2 rings (SSSR count). The summed E-state index contributed by atoms with van der Waals surface area (Å²) in [7, 11) is 0. The summed E-state index contributed by atoms with van der Waals surface area (Å²) in [6.45, 7) is 3.85. The smallest absolute Gasteiger partial charge is 0.337 e. The Labute approximate surface area is 126 Å². The van der Waals surface area contributed by atoms with Crippen LogP contribution in [0.3, 0.4) is 0 Å². The first-order valence-corrected chi connectivity index (χ1v) is 6.77. The molecule has 0 amide bonds. The maximum atomic E-state index is 13.2. The topological polar surface area (TPSA) is 81.1 Å². The van der Waals surface area contributed by atoms with Gasteiger partial charge in [-0.25, -0.2) is 13.6 Å². The van der Waals surface area contributed by atoms with E-state index in [9.17, 15) is 13.6 Å². The molecule has 1 aromatic carbocycles. The van der Waals surface area contributed by atoms with Gasteiger partial charge in [-0.15, -0.1) is 0 Å². The number of carbonyl (C=O) groups is 1. The fraction of sp³-hybridized carbons (Fsp3) is 0.333. The summed E-state index contributed by atoms with van der Waals surface area (Å²) in [5.74, 6) is -1.24. The van der Waals surface area contributed by atoms with E-state index in [1.54, 1.807) is 16.9 Å². The van der Waals surface area contributed by atoms with Gasteiger partial charge in [0.2, 0.25) is 0 Å². The molecule has 22 heavy (non-hydrogen) atoms. The maximum Gasteiger partial charge on any atom is 0.337 e. The van der Waals surface area contributed by atoms with E-state index in [1.165, 1.54) is 6.07 Å². The van der Waals surface area contributed by atoms with Crippen molar-refractivity contribution >= 4 is 11.7 Å². The molecule has 1 heterocycles. The molecule has 5 nitrogen and oxygen atoms in total. The lowest BCUT2D eigenvalue weighted by Gasteiger charge is -2.15. The Morgan fingerprint density at radius 1 is 1.41 bits per heavy atom. The largest absolute Gasteiger partial charge is 0.478 e. The van der Waals surface area contributed by atoms with E-state index in [4.69, 9.17) is 10.8 Å². The van der Waals surface area contributed by atoms with Crippen molar-refractivity contribution in [1.82, 2.24) is 9.78 Å². The number of alkyl halides is 2. The molecule has 0 aliphatic carbocycles. The summed E-state index contributed by atoms with van der Waals surface area (Å²) >= 11 is 0. The van der Waals surface area contributed by atoms with Gasteiger partial charge in [-0.05, 0) is 37.6 Å². The fourth-order valence-electron chi connectivity index (χ4n) is 2.36. The third kappa shape index (κ3) is 3.08. The molecular formula is C15H17F2N3O2. The van der Waals surface area contributed by atoms with Crippen LogP contribution < -0.4 is 5.73 Å². The summed E-state index contributed by atoms with van der Waals surface area (Å²) in [6.07, 6.45) is -0.971. The second-order valence-corrected chi connectivity index (χ2v) is 5.28. The third-order valence-electron chi connectivity index (χ3n) is 3.39. The number of halogens is 2. The van der Waals surface area contributed by atoms with Crippen LogP contribution in [0, 0.1) is 0 Å². The molecular weight excluding hydrogens is 292 g/mol. The van der Waals surface area contributed by atoms with E-state index in [1.807, 2.05) is 13.8 Å². The van der Waals surface area contributed by atoms with Crippen LogP contribution in [0.2, 0.25) is 0 Å². The lowest BCUT2D eigenvalue weighted by atomic mass is 9.98. The Hall–Kier alpha value is -2.44. The number of benzene rings is 1. The van der Waals surface area contributed by atoms with Gasteiger partial charge in [-0.2, -0.15) is 5.10 Å². The highest BCUT2D eigenvalue weighted by Crippen LogP contribution is 2.29. The van der Waals surface area contributed by atoms with Crippen LogP contribution in [-0.4, -0.2) is 20.9 Å². The lowest BCUT2D eigenvalue weighted by Crippen LogP contribution is -2.11. The molecule has 0 aliphatic rings. The number of aromatic nitrogens is 2. The van der Waals surface area contributed by atoms with Gasteiger partial charge in [-0.3, -0.25) is 4.68 Å². The molecule has 118 valence electrons. The number of carboxylic acids is 1. The molecule has 1 aromatic heterocycles. The van der Waals surface area contributed by atoms with Gasteiger partial charge in [0.25, 0.3) is 6.43 Å². The van der Waals surface area contributed by atoms with Crippen molar-refractivity contribution in [3.05, 3.63) is 46.8 Å². The first-order valence-electron chi connectivity index (χ1n) is 6.77. The number of nitrogens with zero attached hydrogens (tertiary/aromatic N) is 2. The molecule has 2 aromatic rings. The Morgan fingerprint density at radius 3 is 2.64 bits per heavy atom. The average Bonchev–Trinajstić information content (AvgIpc) is 2.88. The minimum Gasteiger partial charge on any atom is -0.478 e. The van der Waals surface area contributed by atoms with Crippen LogP contribution in [0.15, 0.2) is 24.4 Å². The van der Waals surface area contributed by atoms with Gasteiger partial charge in [0, 0.05) is 35.6 Å². The molecule has 0 radical (unpaired) electrons. The van der Waals surface area contributed by atoms with Gasteiger partial charge in [0.1, 0.15) is 0 Å². The number of nitrogens with two attached hydrogens (primary N) is 1. The number of anilines is 1. The fourth-order valence-corrected chi connectivity index (χ4v) is 2.36. The van der Waals surface area contributed by atoms with Crippen molar-refractivity contribution in [3.8, 4) is 0 Å². The summed E-state index contributed by atoms with van der Waals surface area (Å²) in [4.78, 5) is 11.1. The zero-order valence-electron chi connectivity index (χ0n) is 12.3.